The van der Waals surface area contributed by atoms with Gasteiger partial charge < -0.3 is 23.7 Å². The Balaban J connectivity index is 1.43. The Bertz CT molecular complexity index is 1700. The average molecular weight is 567 g/mol. The van der Waals surface area contributed by atoms with Gasteiger partial charge in [-0.3, -0.25) is 14.3 Å². The molecule has 1 aromatic heterocycles. The van der Waals surface area contributed by atoms with E-state index in [9.17, 15) is 9.59 Å². The van der Waals surface area contributed by atoms with Gasteiger partial charge in [0.1, 0.15) is 30.3 Å². The number of rotatable bonds is 12. The van der Waals surface area contributed by atoms with E-state index >= 15 is 0 Å². The summed E-state index contributed by atoms with van der Waals surface area (Å²) < 4.78 is 29.0. The van der Waals surface area contributed by atoms with E-state index in [1.165, 1.54) is 26.0 Å². The van der Waals surface area contributed by atoms with Crippen LogP contribution >= 0.6 is 0 Å². The van der Waals surface area contributed by atoms with Crippen LogP contribution in [0.25, 0.3) is 10.9 Å². The largest absolute Gasteiger partial charge is 0.497 e. The number of fused-ring (bicyclic) bond motifs is 1. The van der Waals surface area contributed by atoms with Gasteiger partial charge in [0.25, 0.3) is 0 Å². The zero-order valence-electron chi connectivity index (χ0n) is 23.7. The van der Waals surface area contributed by atoms with Crippen LogP contribution in [0.5, 0.6) is 28.7 Å². The molecule has 0 N–H and O–H groups in total. The Labute approximate surface area is 243 Å². The number of methoxy groups -OCH3 is 4. The second-order valence-electron chi connectivity index (χ2n) is 9.35. The minimum absolute atomic E-state index is 0.0869. The summed E-state index contributed by atoms with van der Waals surface area (Å²) in [6, 6.07) is 25.2. The van der Waals surface area contributed by atoms with E-state index < -0.39 is 0 Å². The molecule has 0 unspecified atom stereocenters. The van der Waals surface area contributed by atoms with Gasteiger partial charge in [0, 0.05) is 22.6 Å². The number of benzene rings is 4. The minimum Gasteiger partial charge on any atom is -0.497 e. The lowest BCUT2D eigenvalue weighted by molar-refractivity contribution is 0.0964. The molecule has 9 nitrogen and oxygen atoms in total. The highest BCUT2D eigenvalue weighted by Gasteiger charge is 2.24. The van der Waals surface area contributed by atoms with Crippen molar-refractivity contribution in [2.45, 2.75) is 13.2 Å². The van der Waals surface area contributed by atoms with Crippen LogP contribution in [0.15, 0.2) is 84.9 Å². The van der Waals surface area contributed by atoms with E-state index in [1.54, 1.807) is 61.7 Å². The van der Waals surface area contributed by atoms with Gasteiger partial charge >= 0.3 is 0 Å². The first-order valence-electron chi connectivity index (χ1n) is 13.1. The molecule has 0 saturated heterocycles. The van der Waals surface area contributed by atoms with Gasteiger partial charge in [-0.2, -0.15) is 5.10 Å². The maximum absolute atomic E-state index is 13.8. The van der Waals surface area contributed by atoms with Gasteiger partial charge in [0.2, 0.25) is 11.5 Å². The normalized spacial score (nSPS) is 10.8. The standard InChI is InChI=1S/C33H30N2O7/c1-38-25-14-15-26-27(18-25)35(34-31(26)32(37)23-16-29(39-2)33(41-4)30(17-23)40-3)19-28(36)22-10-12-24(13-11-22)42-20-21-8-6-5-7-9-21/h5-18H,19-20H2,1-4H3. The molecule has 9 heteroatoms. The SMILES string of the molecule is COc1ccc2c(C(=O)c3cc(OC)c(OC)c(OC)c3)nn(CC(=O)c3ccc(OCc4ccccc4)cc3)c2c1. The molecule has 0 bridgehead atoms. The van der Waals surface area contributed by atoms with Crippen LogP contribution in [-0.2, 0) is 13.2 Å². The van der Waals surface area contributed by atoms with Crippen molar-refractivity contribution in [1.29, 1.82) is 0 Å². The van der Waals surface area contributed by atoms with Crippen molar-refractivity contribution in [3.05, 3.63) is 107 Å². The van der Waals surface area contributed by atoms with Gasteiger partial charge in [-0.1, -0.05) is 30.3 Å². The molecular weight excluding hydrogens is 536 g/mol. The lowest BCUT2D eigenvalue weighted by Crippen LogP contribution is -2.13. The third-order valence-corrected chi connectivity index (χ3v) is 6.82. The van der Waals surface area contributed by atoms with E-state index in [1.807, 2.05) is 30.3 Å². The Kier molecular flexibility index (Phi) is 8.38. The number of aromatic nitrogens is 2. The molecule has 0 aliphatic heterocycles. The first kappa shape index (κ1) is 28.2. The quantitative estimate of drug-likeness (QED) is 0.176. The van der Waals surface area contributed by atoms with Crippen LogP contribution in [-0.4, -0.2) is 49.8 Å². The van der Waals surface area contributed by atoms with E-state index in [0.717, 1.165) is 5.56 Å². The van der Waals surface area contributed by atoms with Crippen LogP contribution in [0.4, 0.5) is 0 Å². The van der Waals surface area contributed by atoms with Crippen molar-refractivity contribution in [2.24, 2.45) is 0 Å². The lowest BCUT2D eigenvalue weighted by atomic mass is 10.0. The number of nitrogens with zero attached hydrogens (tertiary/aromatic N) is 2. The third kappa shape index (κ3) is 5.76. The van der Waals surface area contributed by atoms with Crippen LogP contribution in [0.2, 0.25) is 0 Å². The second kappa shape index (κ2) is 12.5. The molecular formula is C33H30N2O7. The Morgan fingerprint density at radius 2 is 1.38 bits per heavy atom. The topological polar surface area (TPSA) is 98.1 Å². The number of ether oxygens (including phenoxy) is 5. The molecule has 5 aromatic rings. The molecule has 5 rings (SSSR count). The molecule has 0 saturated carbocycles. The van der Waals surface area contributed by atoms with Gasteiger partial charge in [0.15, 0.2) is 17.3 Å². The van der Waals surface area contributed by atoms with Crippen molar-refractivity contribution in [3.8, 4) is 28.7 Å². The third-order valence-electron chi connectivity index (χ3n) is 6.82. The average Bonchev–Trinajstić information content (AvgIpc) is 3.40. The van der Waals surface area contributed by atoms with E-state index in [4.69, 9.17) is 23.7 Å². The van der Waals surface area contributed by atoms with Crippen molar-refractivity contribution >= 4 is 22.5 Å². The lowest BCUT2D eigenvalue weighted by Gasteiger charge is -2.13. The highest BCUT2D eigenvalue weighted by atomic mass is 16.5. The molecule has 0 aliphatic rings. The fourth-order valence-corrected chi connectivity index (χ4v) is 4.62. The second-order valence-corrected chi connectivity index (χ2v) is 9.35. The number of carbonyl (C=O) groups excluding carboxylic acids is 2. The molecule has 0 radical (unpaired) electrons. The van der Waals surface area contributed by atoms with Crippen LogP contribution in [0, 0.1) is 0 Å². The number of Topliss-reactive ketones (excluding diaryl/α,β-unsaturated/α-hetero) is 1. The van der Waals surface area contributed by atoms with E-state index in [2.05, 4.69) is 5.10 Å². The highest BCUT2D eigenvalue weighted by Crippen LogP contribution is 2.39. The summed E-state index contributed by atoms with van der Waals surface area (Å²) in [7, 11) is 6.01. The summed E-state index contributed by atoms with van der Waals surface area (Å²) in [6.45, 7) is 0.342. The zero-order chi connectivity index (χ0) is 29.6. The van der Waals surface area contributed by atoms with Crippen molar-refractivity contribution in [2.75, 3.05) is 28.4 Å². The minimum atomic E-state index is -0.365. The summed E-state index contributed by atoms with van der Waals surface area (Å²) in [6.07, 6.45) is 0. The smallest absolute Gasteiger partial charge is 0.214 e. The van der Waals surface area contributed by atoms with Crippen LogP contribution in [0.1, 0.15) is 32.0 Å². The predicted molar refractivity (Wildman–Crippen MR) is 157 cm³/mol. The Hall–Kier alpha value is -5.31. The number of hydrogen-bond donors (Lipinski definition) is 0. The van der Waals surface area contributed by atoms with E-state index in [-0.39, 0.29) is 23.8 Å². The molecule has 4 aromatic carbocycles. The van der Waals surface area contributed by atoms with Crippen LogP contribution < -0.4 is 23.7 Å². The fraction of sp³-hybridized carbons (Fsp3) is 0.182. The number of carbonyl (C=O) groups is 2. The summed E-state index contributed by atoms with van der Waals surface area (Å²) in [5.41, 5.74) is 2.60. The molecule has 0 fully saturated rings. The van der Waals surface area contributed by atoms with Crippen molar-refractivity contribution in [3.63, 3.8) is 0 Å². The molecule has 0 amide bonds. The molecule has 0 atom stereocenters. The van der Waals surface area contributed by atoms with Gasteiger partial charge in [-0.25, -0.2) is 0 Å². The zero-order valence-corrected chi connectivity index (χ0v) is 23.7. The maximum Gasteiger partial charge on any atom is 0.214 e. The Morgan fingerprint density at radius 3 is 2.00 bits per heavy atom. The summed E-state index contributed by atoms with van der Waals surface area (Å²) in [4.78, 5) is 27.1. The Morgan fingerprint density at radius 1 is 0.714 bits per heavy atom. The van der Waals surface area contributed by atoms with E-state index in [0.29, 0.717) is 57.4 Å². The predicted octanol–water partition coefficient (Wildman–Crippen LogP) is 5.76. The van der Waals surface area contributed by atoms with Gasteiger partial charge in [0.05, 0.1) is 34.0 Å². The van der Waals surface area contributed by atoms with Crippen molar-refractivity contribution < 1.29 is 33.3 Å². The van der Waals surface area contributed by atoms with Crippen LogP contribution in [0.3, 0.4) is 0 Å². The molecule has 1 heterocycles. The molecule has 42 heavy (non-hydrogen) atoms. The van der Waals surface area contributed by atoms with Gasteiger partial charge in [-0.15, -0.1) is 0 Å². The monoisotopic (exact) mass is 566 g/mol. The fourth-order valence-electron chi connectivity index (χ4n) is 4.62. The molecule has 214 valence electrons. The summed E-state index contributed by atoms with van der Waals surface area (Å²) in [5.74, 6) is 1.75. The van der Waals surface area contributed by atoms with Crippen molar-refractivity contribution in [1.82, 2.24) is 9.78 Å². The maximum atomic E-state index is 13.8. The molecule has 0 aliphatic carbocycles. The number of ketones is 2. The molecule has 0 spiro atoms. The first-order chi connectivity index (χ1) is 20.4. The van der Waals surface area contributed by atoms with Gasteiger partial charge in [-0.05, 0) is 54.1 Å². The highest BCUT2D eigenvalue weighted by molar-refractivity contribution is 6.15. The first-order valence-corrected chi connectivity index (χ1v) is 13.1. The number of hydrogen-bond acceptors (Lipinski definition) is 8. The summed E-state index contributed by atoms with van der Waals surface area (Å²) in [5, 5.41) is 5.17. The summed E-state index contributed by atoms with van der Waals surface area (Å²) >= 11 is 0.